The number of aliphatic carboxylic acids is 1. The van der Waals surface area contributed by atoms with E-state index in [0.717, 1.165) is 5.56 Å². The molecular formula is C18H21ClN2O4S. The molecule has 1 aromatic carbocycles. The summed E-state index contributed by atoms with van der Waals surface area (Å²) in [6.45, 7) is 2.28. The third-order valence-corrected chi connectivity index (χ3v) is 6.30. The largest absolute Gasteiger partial charge is 0.481 e. The van der Waals surface area contributed by atoms with Crippen molar-refractivity contribution in [3.05, 3.63) is 34.9 Å². The monoisotopic (exact) mass is 396 g/mol. The number of hydrogen-bond donors (Lipinski definition) is 1. The lowest BCUT2D eigenvalue weighted by Crippen LogP contribution is -2.48. The minimum atomic E-state index is -0.914. The molecule has 2 aliphatic rings. The molecule has 0 saturated carbocycles. The molecule has 2 saturated heterocycles. The number of likely N-dealkylation sites (tertiary alicyclic amines) is 1. The number of halogens is 1. The highest BCUT2D eigenvalue weighted by Gasteiger charge is 2.44. The Labute approximate surface area is 161 Å². The lowest BCUT2D eigenvalue weighted by Gasteiger charge is -2.27. The SMILES string of the molecule is CCC(=O)N1CSCC1C(=O)N1C[C@@H](C(=O)O)[C@H](c2ccc(Cl)cc2)C1. The molecule has 1 unspecified atom stereocenters. The molecule has 0 radical (unpaired) electrons. The van der Waals surface area contributed by atoms with E-state index in [2.05, 4.69) is 0 Å². The molecule has 8 heteroatoms. The molecule has 3 atom stereocenters. The molecule has 0 spiro atoms. The van der Waals surface area contributed by atoms with Gasteiger partial charge in [0.05, 0.1) is 11.8 Å². The third-order valence-electron chi connectivity index (χ3n) is 5.04. The van der Waals surface area contributed by atoms with Crippen LogP contribution < -0.4 is 0 Å². The van der Waals surface area contributed by atoms with Gasteiger partial charge in [0.15, 0.2) is 0 Å². The van der Waals surface area contributed by atoms with Crippen LogP contribution in [0.5, 0.6) is 0 Å². The summed E-state index contributed by atoms with van der Waals surface area (Å²) < 4.78 is 0. The van der Waals surface area contributed by atoms with Crippen LogP contribution in [0.3, 0.4) is 0 Å². The average molecular weight is 397 g/mol. The molecule has 2 heterocycles. The second kappa shape index (κ2) is 7.88. The first-order valence-corrected chi connectivity index (χ1v) is 10.1. The summed E-state index contributed by atoms with van der Waals surface area (Å²) in [5.74, 6) is -0.981. The maximum atomic E-state index is 13.0. The van der Waals surface area contributed by atoms with Crippen LogP contribution >= 0.6 is 23.4 Å². The Balaban J connectivity index is 1.79. The quantitative estimate of drug-likeness (QED) is 0.844. The second-order valence-corrected chi connectivity index (χ2v) is 8.01. The van der Waals surface area contributed by atoms with E-state index in [4.69, 9.17) is 11.6 Å². The van der Waals surface area contributed by atoms with Gasteiger partial charge in [-0.25, -0.2) is 0 Å². The highest BCUT2D eigenvalue weighted by Crippen LogP contribution is 2.35. The zero-order valence-electron chi connectivity index (χ0n) is 14.4. The van der Waals surface area contributed by atoms with Crippen LogP contribution in [0.25, 0.3) is 0 Å². The Morgan fingerprint density at radius 3 is 2.54 bits per heavy atom. The minimum absolute atomic E-state index is 0.0448. The predicted molar refractivity (Wildman–Crippen MR) is 100 cm³/mol. The van der Waals surface area contributed by atoms with Crippen LogP contribution in [0.1, 0.15) is 24.8 Å². The molecule has 1 N–H and O–H groups in total. The van der Waals surface area contributed by atoms with Crippen LogP contribution in [0, 0.1) is 5.92 Å². The molecule has 0 bridgehead atoms. The number of thioether (sulfide) groups is 1. The molecule has 6 nitrogen and oxygen atoms in total. The number of carboxylic acids is 1. The van der Waals surface area contributed by atoms with E-state index >= 15 is 0 Å². The van der Waals surface area contributed by atoms with E-state index in [1.807, 2.05) is 12.1 Å². The maximum Gasteiger partial charge on any atom is 0.308 e. The first-order chi connectivity index (χ1) is 12.4. The van der Waals surface area contributed by atoms with Gasteiger partial charge in [0, 0.05) is 36.2 Å². The van der Waals surface area contributed by atoms with Crippen LogP contribution in [0.15, 0.2) is 24.3 Å². The van der Waals surface area contributed by atoms with Crippen molar-refractivity contribution in [3.63, 3.8) is 0 Å². The smallest absolute Gasteiger partial charge is 0.308 e. The van der Waals surface area contributed by atoms with Gasteiger partial charge in [-0.2, -0.15) is 0 Å². The Morgan fingerprint density at radius 1 is 1.23 bits per heavy atom. The van der Waals surface area contributed by atoms with E-state index in [1.165, 1.54) is 0 Å². The molecule has 26 heavy (non-hydrogen) atoms. The van der Waals surface area contributed by atoms with Gasteiger partial charge in [-0.1, -0.05) is 30.7 Å². The number of hydrogen-bond acceptors (Lipinski definition) is 4. The van der Waals surface area contributed by atoms with Gasteiger partial charge in [-0.15, -0.1) is 11.8 Å². The summed E-state index contributed by atoms with van der Waals surface area (Å²) in [6.07, 6.45) is 0.357. The van der Waals surface area contributed by atoms with Crippen molar-refractivity contribution in [1.29, 1.82) is 0 Å². The van der Waals surface area contributed by atoms with Gasteiger partial charge in [0.1, 0.15) is 6.04 Å². The zero-order chi connectivity index (χ0) is 18.8. The fraction of sp³-hybridized carbons (Fsp3) is 0.500. The summed E-state index contributed by atoms with van der Waals surface area (Å²) >= 11 is 7.47. The summed E-state index contributed by atoms with van der Waals surface area (Å²) in [6, 6.07) is 6.60. The maximum absolute atomic E-state index is 13.0. The predicted octanol–water partition coefficient (Wildman–Crippen LogP) is 2.28. The molecule has 140 valence electrons. The van der Waals surface area contributed by atoms with Gasteiger partial charge in [-0.05, 0) is 17.7 Å². The normalized spacial score (nSPS) is 25.5. The molecule has 2 fully saturated rings. The van der Waals surface area contributed by atoms with Crippen molar-refractivity contribution in [2.75, 3.05) is 24.7 Å². The van der Waals surface area contributed by atoms with Crippen molar-refractivity contribution in [2.45, 2.75) is 25.3 Å². The first-order valence-electron chi connectivity index (χ1n) is 8.56. The Kier molecular flexibility index (Phi) is 5.77. The molecule has 2 amide bonds. The highest BCUT2D eigenvalue weighted by molar-refractivity contribution is 7.99. The van der Waals surface area contributed by atoms with E-state index in [9.17, 15) is 19.5 Å². The fourth-order valence-electron chi connectivity index (χ4n) is 3.59. The molecule has 3 rings (SSSR count). The minimum Gasteiger partial charge on any atom is -0.481 e. The summed E-state index contributed by atoms with van der Waals surface area (Å²) in [5.41, 5.74) is 0.861. The first kappa shape index (κ1) is 19.0. The van der Waals surface area contributed by atoms with Crippen molar-refractivity contribution in [3.8, 4) is 0 Å². The molecule has 2 aliphatic heterocycles. The topological polar surface area (TPSA) is 77.9 Å². The second-order valence-electron chi connectivity index (χ2n) is 6.58. The number of benzene rings is 1. The standard InChI is InChI=1S/C18H21ClN2O4S/c1-2-16(22)21-10-26-9-15(21)17(23)20-7-13(14(8-20)18(24)25)11-3-5-12(19)6-4-11/h3-6,13-15H,2,7-10H2,1H3,(H,24,25)/t13-,14+,15?/m0/s1. The summed E-state index contributed by atoms with van der Waals surface area (Å²) in [5, 5.41) is 10.2. The number of amides is 2. The summed E-state index contributed by atoms with van der Waals surface area (Å²) in [4.78, 5) is 40.0. The van der Waals surface area contributed by atoms with E-state index in [0.29, 0.717) is 29.6 Å². The van der Waals surface area contributed by atoms with Gasteiger partial charge >= 0.3 is 5.97 Å². The molecular weight excluding hydrogens is 376 g/mol. The Hall–Kier alpha value is -1.73. The summed E-state index contributed by atoms with van der Waals surface area (Å²) in [7, 11) is 0. The number of nitrogens with zero attached hydrogens (tertiary/aromatic N) is 2. The average Bonchev–Trinajstić information content (AvgIpc) is 3.28. The van der Waals surface area contributed by atoms with Crippen LogP contribution in [0.2, 0.25) is 5.02 Å². The van der Waals surface area contributed by atoms with E-state index < -0.39 is 17.9 Å². The Morgan fingerprint density at radius 2 is 1.92 bits per heavy atom. The van der Waals surface area contributed by atoms with E-state index in [-0.39, 0.29) is 24.3 Å². The zero-order valence-corrected chi connectivity index (χ0v) is 16.0. The molecule has 0 aromatic heterocycles. The van der Waals surface area contributed by atoms with E-state index in [1.54, 1.807) is 40.6 Å². The number of rotatable bonds is 4. The molecule has 0 aliphatic carbocycles. The van der Waals surface area contributed by atoms with Gasteiger partial charge in [-0.3, -0.25) is 14.4 Å². The van der Waals surface area contributed by atoms with Gasteiger partial charge in [0.2, 0.25) is 11.8 Å². The van der Waals surface area contributed by atoms with Gasteiger partial charge in [0.25, 0.3) is 0 Å². The van der Waals surface area contributed by atoms with Crippen LogP contribution in [0.4, 0.5) is 0 Å². The lowest BCUT2D eigenvalue weighted by atomic mass is 9.89. The molecule has 1 aromatic rings. The fourth-order valence-corrected chi connectivity index (χ4v) is 4.89. The van der Waals surface area contributed by atoms with Crippen molar-refractivity contribution in [2.24, 2.45) is 5.92 Å². The van der Waals surface area contributed by atoms with Crippen LogP contribution in [-0.4, -0.2) is 63.5 Å². The number of carboxylic acid groups (broad SMARTS) is 1. The lowest BCUT2D eigenvalue weighted by molar-refractivity contribution is -0.144. The number of carbonyl (C=O) groups excluding carboxylic acids is 2. The van der Waals surface area contributed by atoms with Crippen molar-refractivity contribution in [1.82, 2.24) is 9.80 Å². The van der Waals surface area contributed by atoms with Crippen LogP contribution in [-0.2, 0) is 14.4 Å². The van der Waals surface area contributed by atoms with Crippen molar-refractivity contribution >= 4 is 41.1 Å². The number of carbonyl (C=O) groups is 3. The highest BCUT2D eigenvalue weighted by atomic mass is 35.5. The van der Waals surface area contributed by atoms with Gasteiger partial charge < -0.3 is 14.9 Å². The third kappa shape index (κ3) is 3.69. The van der Waals surface area contributed by atoms with Crippen molar-refractivity contribution < 1.29 is 19.5 Å². The Bertz CT molecular complexity index is 712.